The van der Waals surface area contributed by atoms with E-state index in [-0.39, 0.29) is 0 Å². The van der Waals surface area contributed by atoms with Crippen molar-refractivity contribution in [2.75, 3.05) is 0 Å². The molecule has 450 valence electrons. The third kappa shape index (κ3) is 16.0. The summed E-state index contributed by atoms with van der Waals surface area (Å²) in [6, 6.07) is 84.4. The number of benzene rings is 9. The van der Waals surface area contributed by atoms with Gasteiger partial charge in [0.1, 0.15) is 37.1 Å². The highest BCUT2D eigenvalue weighted by Crippen LogP contribution is 2.26. The molecule has 0 aliphatic rings. The lowest BCUT2D eigenvalue weighted by Crippen LogP contribution is -1.98. The van der Waals surface area contributed by atoms with Gasteiger partial charge in [0.2, 0.25) is 17.5 Å². The Hall–Kier alpha value is -13.0. The normalized spacial score (nSPS) is 11.2. The van der Waals surface area contributed by atoms with E-state index in [1.165, 1.54) is 0 Å². The molecule has 18 heteroatoms. The molecule has 0 bridgehead atoms. The number of aromatic nitrogens is 15. The molecule has 6 aromatic heterocycles. The SMILES string of the molecule is C(=Cc1ccc(-c2nn[nH]n2)cc1)c1ccc(OCc2ccc3ccccc3n2)cc1.C(=Cc1cccc(OCc2ccc3ccccc3n2)c1)c1ccc(-c2nn[nH]n2)cc1.C(=Cc1ccccc1-c1nn[nH]n1)c1cccc(OCc2ccc3ccccc3n2)c1. The molecule has 3 N–H and O–H groups in total. The maximum Gasteiger partial charge on any atom is 0.205 e. The largest absolute Gasteiger partial charge is 0.487 e. The van der Waals surface area contributed by atoms with Gasteiger partial charge in [-0.1, -0.05) is 218 Å². The van der Waals surface area contributed by atoms with Crippen LogP contribution in [0.15, 0.2) is 255 Å². The van der Waals surface area contributed by atoms with Crippen molar-refractivity contribution in [1.29, 1.82) is 0 Å². The number of nitrogens with zero attached hydrogens (tertiary/aromatic N) is 12. The Morgan fingerprint density at radius 2 is 0.667 bits per heavy atom. The van der Waals surface area contributed by atoms with E-state index in [9.17, 15) is 0 Å². The van der Waals surface area contributed by atoms with E-state index >= 15 is 0 Å². The van der Waals surface area contributed by atoms with Gasteiger partial charge in [-0.15, -0.1) is 30.6 Å². The summed E-state index contributed by atoms with van der Waals surface area (Å²) in [5, 5.41) is 45.7. The van der Waals surface area contributed by atoms with Crippen LogP contribution in [0.5, 0.6) is 17.2 Å². The van der Waals surface area contributed by atoms with Gasteiger partial charge >= 0.3 is 0 Å². The van der Waals surface area contributed by atoms with Crippen molar-refractivity contribution < 1.29 is 14.2 Å². The molecule has 0 atom stereocenters. The highest BCUT2D eigenvalue weighted by atomic mass is 16.5. The third-order valence-electron chi connectivity index (χ3n) is 14.7. The Labute approximate surface area is 534 Å². The number of ether oxygens (including phenoxy) is 3. The first-order valence-corrected chi connectivity index (χ1v) is 29.8. The van der Waals surface area contributed by atoms with E-state index in [2.05, 4.69) is 138 Å². The lowest BCUT2D eigenvalue weighted by Gasteiger charge is -2.07. The molecule has 0 spiro atoms. The summed E-state index contributed by atoms with van der Waals surface area (Å²) in [7, 11) is 0. The van der Waals surface area contributed by atoms with Crippen molar-refractivity contribution in [3.05, 3.63) is 305 Å². The van der Waals surface area contributed by atoms with Crippen LogP contribution in [0, 0.1) is 0 Å². The maximum atomic E-state index is 5.99. The molecule has 0 fully saturated rings. The van der Waals surface area contributed by atoms with Crippen LogP contribution in [0.25, 0.3) is 103 Å². The minimum atomic E-state index is 0.415. The molecule has 15 rings (SSSR count). The number of fused-ring (bicyclic) bond motifs is 3. The first kappa shape index (κ1) is 59.0. The Balaban J connectivity index is 0.000000127. The van der Waals surface area contributed by atoms with Gasteiger partial charge in [-0.2, -0.15) is 15.6 Å². The van der Waals surface area contributed by atoms with Gasteiger partial charge in [-0.25, -0.2) is 15.0 Å². The second-order valence-electron chi connectivity index (χ2n) is 21.1. The van der Waals surface area contributed by atoms with E-state index in [0.29, 0.717) is 37.3 Å². The predicted molar refractivity (Wildman–Crippen MR) is 363 cm³/mol. The number of rotatable bonds is 18. The van der Waals surface area contributed by atoms with Crippen molar-refractivity contribution in [2.45, 2.75) is 19.8 Å². The van der Waals surface area contributed by atoms with E-state index in [1.54, 1.807) is 0 Å². The quantitative estimate of drug-likeness (QED) is 0.0679. The first-order chi connectivity index (χ1) is 46.0. The average molecular weight is 1220 g/mol. The third-order valence-corrected chi connectivity index (χ3v) is 14.7. The number of nitrogens with one attached hydrogen (secondary N) is 3. The van der Waals surface area contributed by atoms with Crippen LogP contribution in [0.1, 0.15) is 50.5 Å². The highest BCUT2D eigenvalue weighted by molar-refractivity contribution is 5.81. The minimum Gasteiger partial charge on any atom is -0.487 e. The Bertz CT molecular complexity index is 4980. The summed E-state index contributed by atoms with van der Waals surface area (Å²) in [4.78, 5) is 14.0. The summed E-state index contributed by atoms with van der Waals surface area (Å²) in [5.74, 6) is 4.16. The molecule has 0 radical (unpaired) electrons. The number of H-pyrrole nitrogens is 3. The summed E-state index contributed by atoms with van der Waals surface area (Å²) >= 11 is 0. The van der Waals surface area contributed by atoms with Crippen molar-refractivity contribution in [2.24, 2.45) is 0 Å². The Morgan fingerprint density at radius 3 is 1.11 bits per heavy atom. The van der Waals surface area contributed by atoms with Crippen LogP contribution in [0.4, 0.5) is 0 Å². The minimum absolute atomic E-state index is 0.415. The number of tetrazole rings is 3. The van der Waals surface area contributed by atoms with Gasteiger partial charge in [-0.05, 0) is 122 Å². The van der Waals surface area contributed by atoms with Crippen LogP contribution in [-0.4, -0.2) is 76.8 Å². The Kier molecular flexibility index (Phi) is 18.6. The Morgan fingerprint density at radius 1 is 0.290 bits per heavy atom. The number of pyridine rings is 3. The average Bonchev–Trinajstić information content (AvgIpc) is 3.56. The van der Waals surface area contributed by atoms with Gasteiger partial charge in [0.25, 0.3) is 0 Å². The first-order valence-electron chi connectivity index (χ1n) is 29.8. The number of aromatic amines is 3. The molecule has 0 amide bonds. The lowest BCUT2D eigenvalue weighted by molar-refractivity contribution is 0.301. The molecule has 0 saturated heterocycles. The topological polar surface area (TPSA) is 230 Å². The second kappa shape index (κ2) is 29.4. The zero-order chi connectivity index (χ0) is 62.6. The van der Waals surface area contributed by atoms with Crippen molar-refractivity contribution in [3.63, 3.8) is 0 Å². The molecule has 6 heterocycles. The summed E-state index contributed by atoms with van der Waals surface area (Å²) in [5.41, 5.74) is 14.8. The fraction of sp³-hybridized carbons (Fsp3) is 0.0400. The smallest absolute Gasteiger partial charge is 0.205 e. The standard InChI is InChI=1S/3C25H19N5O/c1-3-10-23(25-27-29-30-28-25)19(7-1)13-12-18-6-5-9-22(16-18)31-17-21-15-14-20-8-2-4-11-24(20)26-21;1-2-7-24-20(5-1)14-15-22(26-24)17-31-23-6-3-4-19(16-23)9-8-18-10-12-21(13-11-18)25-27-29-30-28-25;1-2-4-24-20(3-1)13-14-22(26-24)17-31-23-15-9-19(10-16-23)6-5-18-7-11-21(12-8-18)25-27-29-30-28-25/h3*1-16H,17H2,(H,27,28,29,30). The molecule has 9 aromatic carbocycles. The molecule has 0 aliphatic carbocycles. The maximum absolute atomic E-state index is 5.99. The summed E-state index contributed by atoms with van der Waals surface area (Å²) in [6.45, 7) is 1.28. The van der Waals surface area contributed by atoms with E-state index in [1.807, 2.05) is 231 Å². The van der Waals surface area contributed by atoms with Crippen LogP contribution in [0.2, 0.25) is 0 Å². The van der Waals surface area contributed by atoms with Gasteiger partial charge < -0.3 is 14.2 Å². The fourth-order valence-corrected chi connectivity index (χ4v) is 9.88. The number of hydrogen-bond acceptors (Lipinski definition) is 15. The summed E-state index contributed by atoms with van der Waals surface area (Å²) < 4.78 is 17.9. The van der Waals surface area contributed by atoms with Gasteiger partial charge in [-0.3, -0.25) is 0 Å². The molecule has 18 nitrogen and oxygen atoms in total. The van der Waals surface area contributed by atoms with Crippen LogP contribution >= 0.6 is 0 Å². The molecule has 15 aromatic rings. The van der Waals surface area contributed by atoms with E-state index in [4.69, 9.17) is 14.2 Å². The molecule has 93 heavy (non-hydrogen) atoms. The lowest BCUT2D eigenvalue weighted by atomic mass is 10.1. The number of para-hydroxylation sites is 3. The van der Waals surface area contributed by atoms with Gasteiger partial charge in [0.15, 0.2) is 0 Å². The molecule has 0 aliphatic heterocycles. The highest BCUT2D eigenvalue weighted by Gasteiger charge is 2.09. The monoisotopic (exact) mass is 1220 g/mol. The van der Waals surface area contributed by atoms with E-state index < -0.39 is 0 Å². The molecular weight excluding hydrogens is 1160 g/mol. The second-order valence-corrected chi connectivity index (χ2v) is 21.1. The van der Waals surface area contributed by atoms with Gasteiger partial charge in [0, 0.05) is 32.8 Å². The van der Waals surface area contributed by atoms with Crippen LogP contribution in [-0.2, 0) is 19.8 Å². The van der Waals surface area contributed by atoms with Crippen molar-refractivity contribution in [1.82, 2.24) is 76.8 Å². The van der Waals surface area contributed by atoms with Gasteiger partial charge in [0.05, 0.1) is 33.6 Å². The van der Waals surface area contributed by atoms with Crippen LogP contribution < -0.4 is 14.2 Å². The molecule has 0 saturated carbocycles. The predicted octanol–water partition coefficient (Wildman–Crippen LogP) is 15.5. The fourth-order valence-electron chi connectivity index (χ4n) is 9.88. The summed E-state index contributed by atoms with van der Waals surface area (Å²) in [6.07, 6.45) is 12.3. The van der Waals surface area contributed by atoms with Crippen molar-refractivity contribution in [3.8, 4) is 51.4 Å². The zero-order valence-corrected chi connectivity index (χ0v) is 49.9. The van der Waals surface area contributed by atoms with E-state index in [0.717, 1.165) is 117 Å². The zero-order valence-electron chi connectivity index (χ0n) is 49.9. The molecular formula is C75H57N15O3. The molecule has 0 unspecified atom stereocenters. The van der Waals surface area contributed by atoms with Crippen molar-refractivity contribution >= 4 is 69.2 Å². The van der Waals surface area contributed by atoms with Crippen LogP contribution in [0.3, 0.4) is 0 Å². The number of hydrogen-bond donors (Lipinski definition) is 3.